The molecule has 0 bridgehead atoms. The van der Waals surface area contributed by atoms with Gasteiger partial charge >= 0.3 is 18.3 Å². The molecule has 0 amide bonds. The van der Waals surface area contributed by atoms with Crippen LogP contribution in [0.15, 0.2) is 36.4 Å². The average molecular weight is 474 g/mol. The molecule has 0 aromatic heterocycles. The first-order valence-electron chi connectivity index (χ1n) is 9.15. The fourth-order valence-corrected chi connectivity index (χ4v) is 3.61. The Labute approximate surface area is 183 Å². The van der Waals surface area contributed by atoms with Gasteiger partial charge in [0.1, 0.15) is 0 Å². The van der Waals surface area contributed by atoms with Crippen molar-refractivity contribution in [3.8, 4) is 0 Å². The Balaban J connectivity index is 3.10. The lowest BCUT2D eigenvalue weighted by Crippen LogP contribution is -2.55. The second-order valence-electron chi connectivity index (χ2n) is 7.24. The number of hydrogen-bond donors (Lipinski definition) is 1. The van der Waals surface area contributed by atoms with Gasteiger partial charge in [0.05, 0.1) is 5.56 Å². The number of carbonyl (C=O) groups excluding carboxylic acids is 3. The summed E-state index contributed by atoms with van der Waals surface area (Å²) in [6.07, 6.45) is -12.1. The molecule has 0 spiro atoms. The standard InChI is InChI=1S/C22H16F6O5/c1-10(29)15-6-4-13(8-17(15)11(2)30)20(21(23,24)25,22(26,27)28)14-5-7-16(19(32)33)18(9-14)12(3)31/h4-9H,1-3H3,(H,32,33). The number of aromatic carboxylic acids is 1. The van der Waals surface area contributed by atoms with Crippen LogP contribution in [-0.2, 0) is 5.41 Å². The highest BCUT2D eigenvalue weighted by molar-refractivity contribution is 6.07. The summed E-state index contributed by atoms with van der Waals surface area (Å²) < 4.78 is 86.1. The molecule has 0 heterocycles. The second-order valence-corrected chi connectivity index (χ2v) is 7.24. The molecule has 0 aliphatic rings. The van der Waals surface area contributed by atoms with Crippen LogP contribution >= 0.6 is 0 Å². The number of carbonyl (C=O) groups is 4. The molecule has 0 saturated heterocycles. The van der Waals surface area contributed by atoms with Crippen LogP contribution in [0.2, 0.25) is 0 Å². The third-order valence-electron chi connectivity index (χ3n) is 5.12. The van der Waals surface area contributed by atoms with E-state index in [-0.39, 0.29) is 11.6 Å². The van der Waals surface area contributed by atoms with Crippen molar-refractivity contribution in [2.24, 2.45) is 0 Å². The van der Waals surface area contributed by atoms with Crippen LogP contribution in [-0.4, -0.2) is 40.8 Å². The van der Waals surface area contributed by atoms with E-state index in [0.717, 1.165) is 20.8 Å². The maximum absolute atomic E-state index is 14.4. The number of ketones is 3. The Kier molecular flexibility index (Phi) is 6.60. The molecular formula is C22H16F6O5. The van der Waals surface area contributed by atoms with Gasteiger partial charge in [-0.15, -0.1) is 0 Å². The molecule has 1 N–H and O–H groups in total. The normalized spacial score (nSPS) is 12.4. The third kappa shape index (κ3) is 4.27. The second kappa shape index (κ2) is 8.45. The fourth-order valence-electron chi connectivity index (χ4n) is 3.61. The summed E-state index contributed by atoms with van der Waals surface area (Å²) in [6.45, 7) is 2.67. The number of carboxylic acids is 1. The van der Waals surface area contributed by atoms with E-state index in [9.17, 15) is 45.5 Å². The van der Waals surface area contributed by atoms with Crippen molar-refractivity contribution in [1.29, 1.82) is 0 Å². The van der Waals surface area contributed by atoms with Crippen molar-refractivity contribution in [2.75, 3.05) is 0 Å². The first-order chi connectivity index (χ1) is 15.0. The zero-order valence-electron chi connectivity index (χ0n) is 17.3. The van der Waals surface area contributed by atoms with E-state index in [1.54, 1.807) is 0 Å². The predicted octanol–water partition coefficient (Wildman–Crippen LogP) is 5.40. The van der Waals surface area contributed by atoms with Gasteiger partial charge in [0.2, 0.25) is 5.41 Å². The Morgan fingerprint density at radius 2 is 0.939 bits per heavy atom. The van der Waals surface area contributed by atoms with Crippen LogP contribution in [0.25, 0.3) is 0 Å². The molecule has 176 valence electrons. The minimum atomic E-state index is -6.05. The van der Waals surface area contributed by atoms with Crippen LogP contribution in [0.1, 0.15) is 73.3 Å². The van der Waals surface area contributed by atoms with E-state index in [1.165, 1.54) is 0 Å². The molecular weight excluding hydrogens is 458 g/mol. The Hall–Kier alpha value is -3.50. The van der Waals surface area contributed by atoms with E-state index >= 15 is 0 Å². The summed E-state index contributed by atoms with van der Waals surface area (Å²) in [5.41, 5.74) is -10.3. The van der Waals surface area contributed by atoms with Gasteiger partial charge in [0.15, 0.2) is 17.3 Å². The lowest BCUT2D eigenvalue weighted by Gasteiger charge is -2.38. The minimum absolute atomic E-state index is 0.235. The zero-order valence-corrected chi connectivity index (χ0v) is 17.3. The molecule has 5 nitrogen and oxygen atoms in total. The SMILES string of the molecule is CC(=O)c1ccc(C(c2ccc(C(=O)O)c(C(C)=O)c2)(C(F)(F)F)C(F)(F)F)cc1C(C)=O. The maximum atomic E-state index is 14.4. The Morgan fingerprint density at radius 1 is 0.606 bits per heavy atom. The summed E-state index contributed by atoms with van der Waals surface area (Å²) in [4.78, 5) is 46.8. The van der Waals surface area contributed by atoms with Gasteiger partial charge in [-0.2, -0.15) is 26.3 Å². The monoisotopic (exact) mass is 474 g/mol. The first-order valence-corrected chi connectivity index (χ1v) is 9.15. The van der Waals surface area contributed by atoms with Gasteiger partial charge in [-0.25, -0.2) is 4.79 Å². The number of rotatable bonds is 6. The lowest BCUT2D eigenvalue weighted by molar-refractivity contribution is -0.288. The predicted molar refractivity (Wildman–Crippen MR) is 103 cm³/mol. The summed E-state index contributed by atoms with van der Waals surface area (Å²) >= 11 is 0. The summed E-state index contributed by atoms with van der Waals surface area (Å²) in [6, 6.07) is 2.51. The number of alkyl halides is 6. The Morgan fingerprint density at radius 3 is 1.24 bits per heavy atom. The van der Waals surface area contributed by atoms with E-state index in [2.05, 4.69) is 0 Å². The zero-order chi connectivity index (χ0) is 25.5. The molecule has 0 fully saturated rings. The highest BCUT2D eigenvalue weighted by Gasteiger charge is 2.72. The van der Waals surface area contributed by atoms with Crippen molar-refractivity contribution in [1.82, 2.24) is 0 Å². The highest BCUT2D eigenvalue weighted by Crippen LogP contribution is 2.56. The third-order valence-corrected chi connectivity index (χ3v) is 5.12. The molecule has 0 saturated carbocycles. The van der Waals surface area contributed by atoms with Crippen molar-refractivity contribution >= 4 is 23.3 Å². The molecule has 0 radical (unpaired) electrons. The van der Waals surface area contributed by atoms with Crippen molar-refractivity contribution in [3.63, 3.8) is 0 Å². The summed E-state index contributed by atoms with van der Waals surface area (Å²) in [7, 11) is 0. The highest BCUT2D eigenvalue weighted by atomic mass is 19.4. The van der Waals surface area contributed by atoms with Crippen LogP contribution in [0.4, 0.5) is 26.3 Å². The molecule has 2 aromatic carbocycles. The summed E-state index contributed by atoms with van der Waals surface area (Å²) in [5, 5.41) is 9.16. The molecule has 2 aromatic rings. The smallest absolute Gasteiger partial charge is 0.411 e. The molecule has 11 heteroatoms. The number of benzene rings is 2. The van der Waals surface area contributed by atoms with Gasteiger partial charge in [-0.1, -0.05) is 18.2 Å². The first kappa shape index (κ1) is 25.8. The summed E-state index contributed by atoms with van der Waals surface area (Å²) in [5.74, 6) is -4.48. The molecule has 0 aliphatic heterocycles. The number of hydrogen-bond acceptors (Lipinski definition) is 4. The van der Waals surface area contributed by atoms with E-state index < -0.39 is 68.9 Å². The van der Waals surface area contributed by atoms with Gasteiger partial charge in [0, 0.05) is 16.7 Å². The van der Waals surface area contributed by atoms with Crippen LogP contribution in [0.5, 0.6) is 0 Å². The minimum Gasteiger partial charge on any atom is -0.478 e. The lowest BCUT2D eigenvalue weighted by atomic mass is 9.71. The Bertz CT molecular complexity index is 1070. The van der Waals surface area contributed by atoms with Crippen LogP contribution < -0.4 is 0 Å². The molecule has 0 atom stereocenters. The van der Waals surface area contributed by atoms with Crippen LogP contribution in [0, 0.1) is 0 Å². The van der Waals surface area contributed by atoms with E-state index in [0.29, 0.717) is 30.3 Å². The maximum Gasteiger partial charge on any atom is 0.411 e. The van der Waals surface area contributed by atoms with Crippen molar-refractivity contribution in [3.05, 3.63) is 69.8 Å². The molecule has 0 aliphatic carbocycles. The molecule has 33 heavy (non-hydrogen) atoms. The van der Waals surface area contributed by atoms with Gasteiger partial charge in [0.25, 0.3) is 0 Å². The van der Waals surface area contributed by atoms with Gasteiger partial charge < -0.3 is 5.11 Å². The molecule has 0 unspecified atom stereocenters. The van der Waals surface area contributed by atoms with E-state index in [1.807, 2.05) is 0 Å². The topological polar surface area (TPSA) is 88.5 Å². The molecule has 2 rings (SSSR count). The fraction of sp³-hybridized carbons (Fsp3) is 0.273. The number of carboxylic acid groups (broad SMARTS) is 1. The van der Waals surface area contributed by atoms with Gasteiger partial charge in [-0.05, 0) is 50.1 Å². The average Bonchev–Trinajstić information content (AvgIpc) is 2.65. The van der Waals surface area contributed by atoms with Crippen molar-refractivity contribution in [2.45, 2.75) is 38.5 Å². The van der Waals surface area contributed by atoms with Crippen molar-refractivity contribution < 1.29 is 50.6 Å². The number of halogens is 6. The number of Topliss-reactive ketones (excluding diaryl/α,β-unsaturated/α-hetero) is 3. The van der Waals surface area contributed by atoms with E-state index in [4.69, 9.17) is 5.11 Å². The quantitative estimate of drug-likeness (QED) is 0.447. The van der Waals surface area contributed by atoms with Crippen LogP contribution in [0.3, 0.4) is 0 Å². The van der Waals surface area contributed by atoms with Gasteiger partial charge in [-0.3, -0.25) is 14.4 Å². The largest absolute Gasteiger partial charge is 0.478 e.